The first-order valence-electron chi connectivity index (χ1n) is 13.3. The molecule has 2 N–H and O–H groups in total. The lowest BCUT2D eigenvalue weighted by Gasteiger charge is -2.23. The highest BCUT2D eigenvalue weighted by Crippen LogP contribution is 2.26. The number of carbonyl (C=O) groups is 3. The molecule has 1 aliphatic rings. The largest absolute Gasteiger partial charge is 0.469 e. The van der Waals surface area contributed by atoms with Gasteiger partial charge in [0.25, 0.3) is 5.91 Å². The van der Waals surface area contributed by atoms with Crippen molar-refractivity contribution < 1.29 is 19.1 Å². The summed E-state index contributed by atoms with van der Waals surface area (Å²) in [6, 6.07) is 12.6. The highest BCUT2D eigenvalue weighted by molar-refractivity contribution is 5.96. The topological polar surface area (TPSA) is 108 Å². The molecule has 202 valence electrons. The van der Waals surface area contributed by atoms with E-state index in [-0.39, 0.29) is 18.2 Å². The van der Waals surface area contributed by atoms with Crippen LogP contribution in [0.25, 0.3) is 11.0 Å². The van der Waals surface area contributed by atoms with Gasteiger partial charge in [-0.05, 0) is 42.3 Å². The van der Waals surface area contributed by atoms with E-state index in [0.29, 0.717) is 25.2 Å². The van der Waals surface area contributed by atoms with Crippen molar-refractivity contribution >= 4 is 34.5 Å². The Hall–Kier alpha value is -3.88. The Kier molecular flexibility index (Phi) is 8.99. The fraction of sp³-hybridized carbons (Fsp3) is 0.448. The van der Waals surface area contributed by atoms with Crippen molar-refractivity contribution in [2.45, 2.75) is 64.6 Å². The van der Waals surface area contributed by atoms with Gasteiger partial charge in [0.05, 0.1) is 31.1 Å². The van der Waals surface area contributed by atoms with Gasteiger partial charge in [0.1, 0.15) is 11.9 Å². The standard InChI is InChI=1S/C29H37N5O4/c1-4-5-6-7-10-15-34(19-26-31-23-11-8-9-12-24(23)32-26)28(36)20-13-14-22-21(16-20)18-33(2)29(37)25(30-22)17-27(35)38-3/h8-9,11-14,16,25,30H,4-7,10,15,17-19H2,1-3H3,(H,31,32). The van der Waals surface area contributed by atoms with Gasteiger partial charge >= 0.3 is 5.97 Å². The molecule has 0 spiro atoms. The van der Waals surface area contributed by atoms with E-state index in [1.54, 1.807) is 18.0 Å². The molecule has 0 bridgehead atoms. The maximum Gasteiger partial charge on any atom is 0.308 e. The minimum absolute atomic E-state index is 0.0664. The van der Waals surface area contributed by atoms with Gasteiger partial charge in [-0.3, -0.25) is 14.4 Å². The molecule has 4 rings (SSSR count). The van der Waals surface area contributed by atoms with E-state index < -0.39 is 12.0 Å². The van der Waals surface area contributed by atoms with E-state index in [9.17, 15) is 14.4 Å². The van der Waals surface area contributed by atoms with Gasteiger partial charge in [-0.2, -0.15) is 0 Å². The molecular formula is C29H37N5O4. The normalized spacial score (nSPS) is 15.1. The molecule has 1 unspecified atom stereocenters. The lowest BCUT2D eigenvalue weighted by molar-refractivity contribution is -0.143. The molecule has 3 aromatic rings. The fourth-order valence-corrected chi connectivity index (χ4v) is 4.84. The summed E-state index contributed by atoms with van der Waals surface area (Å²) in [5.74, 6) is 0.0198. The van der Waals surface area contributed by atoms with Gasteiger partial charge in [0, 0.05) is 31.4 Å². The Morgan fingerprint density at radius 1 is 1.13 bits per heavy atom. The number of aromatic nitrogens is 2. The average molecular weight is 520 g/mol. The molecule has 9 nitrogen and oxygen atoms in total. The molecule has 0 aliphatic carbocycles. The molecule has 1 atom stereocenters. The molecule has 9 heteroatoms. The minimum atomic E-state index is -0.719. The summed E-state index contributed by atoms with van der Waals surface area (Å²) in [7, 11) is 3.00. The summed E-state index contributed by atoms with van der Waals surface area (Å²) in [5.41, 5.74) is 3.94. The molecule has 1 aliphatic heterocycles. The number of carbonyl (C=O) groups excluding carboxylic acids is 3. The number of nitrogens with zero attached hydrogens (tertiary/aromatic N) is 3. The Balaban J connectivity index is 1.55. The van der Waals surface area contributed by atoms with E-state index >= 15 is 0 Å². The van der Waals surface area contributed by atoms with Crippen molar-refractivity contribution in [3.8, 4) is 0 Å². The number of imidazole rings is 1. The summed E-state index contributed by atoms with van der Waals surface area (Å²) in [5, 5.41) is 3.18. The molecule has 2 heterocycles. The Morgan fingerprint density at radius 2 is 1.92 bits per heavy atom. The van der Waals surface area contributed by atoms with Crippen molar-refractivity contribution in [2.24, 2.45) is 0 Å². The van der Waals surface area contributed by atoms with Crippen LogP contribution >= 0.6 is 0 Å². The zero-order valence-electron chi connectivity index (χ0n) is 22.5. The lowest BCUT2D eigenvalue weighted by Crippen LogP contribution is -2.39. The van der Waals surface area contributed by atoms with Crippen molar-refractivity contribution in [2.75, 3.05) is 26.0 Å². The van der Waals surface area contributed by atoms with E-state index in [4.69, 9.17) is 4.74 Å². The monoisotopic (exact) mass is 519 g/mol. The molecule has 0 fully saturated rings. The quantitative estimate of drug-likeness (QED) is 0.286. The van der Waals surface area contributed by atoms with Crippen molar-refractivity contribution in [3.63, 3.8) is 0 Å². The summed E-state index contributed by atoms with van der Waals surface area (Å²) in [4.78, 5) is 49.9. The number of esters is 1. The van der Waals surface area contributed by atoms with Crippen LogP contribution in [0.5, 0.6) is 0 Å². The molecular weight excluding hydrogens is 482 g/mol. The van der Waals surface area contributed by atoms with Crippen LogP contribution in [0.4, 0.5) is 5.69 Å². The van der Waals surface area contributed by atoms with Gasteiger partial charge in [0.2, 0.25) is 5.91 Å². The van der Waals surface area contributed by atoms with Gasteiger partial charge in [-0.25, -0.2) is 4.98 Å². The summed E-state index contributed by atoms with van der Waals surface area (Å²) in [6.07, 6.45) is 5.44. The molecule has 38 heavy (non-hydrogen) atoms. The number of hydrogen-bond donors (Lipinski definition) is 2. The lowest BCUT2D eigenvalue weighted by atomic mass is 10.1. The van der Waals surface area contributed by atoms with Crippen LogP contribution in [0, 0.1) is 0 Å². The number of rotatable bonds is 11. The van der Waals surface area contributed by atoms with E-state index in [0.717, 1.165) is 47.4 Å². The number of fused-ring (bicyclic) bond motifs is 2. The molecule has 2 aromatic carbocycles. The number of amides is 2. The first-order chi connectivity index (χ1) is 18.4. The maximum atomic E-state index is 13.8. The second-order valence-electron chi connectivity index (χ2n) is 9.88. The first-order valence-corrected chi connectivity index (χ1v) is 13.3. The number of H-pyrrole nitrogens is 1. The van der Waals surface area contributed by atoms with Crippen LogP contribution in [0.3, 0.4) is 0 Å². The predicted molar refractivity (Wildman–Crippen MR) is 147 cm³/mol. The number of methoxy groups -OCH3 is 1. The second kappa shape index (κ2) is 12.6. The van der Waals surface area contributed by atoms with E-state index in [2.05, 4.69) is 22.2 Å². The van der Waals surface area contributed by atoms with Gasteiger partial charge in [-0.15, -0.1) is 0 Å². The third-order valence-corrected chi connectivity index (χ3v) is 6.96. The van der Waals surface area contributed by atoms with E-state index in [1.165, 1.54) is 20.0 Å². The van der Waals surface area contributed by atoms with Crippen LogP contribution < -0.4 is 5.32 Å². The molecule has 1 aromatic heterocycles. The van der Waals surface area contributed by atoms with Gasteiger partial charge in [-0.1, -0.05) is 44.7 Å². The van der Waals surface area contributed by atoms with Crippen LogP contribution in [0.15, 0.2) is 42.5 Å². The van der Waals surface area contributed by atoms with Gasteiger partial charge < -0.3 is 24.8 Å². The molecule has 0 saturated heterocycles. The number of ether oxygens (including phenoxy) is 1. The minimum Gasteiger partial charge on any atom is -0.469 e. The number of likely N-dealkylation sites (N-methyl/N-ethyl adjacent to an activating group) is 1. The predicted octanol–water partition coefficient (Wildman–Crippen LogP) is 4.49. The third kappa shape index (κ3) is 6.51. The number of anilines is 1. The van der Waals surface area contributed by atoms with Crippen LogP contribution in [-0.2, 0) is 27.4 Å². The molecule has 0 radical (unpaired) electrons. The Labute approximate surface area is 223 Å². The Bertz CT molecular complexity index is 1250. The summed E-state index contributed by atoms with van der Waals surface area (Å²) >= 11 is 0. The number of hydrogen-bond acceptors (Lipinski definition) is 6. The number of benzene rings is 2. The number of unbranched alkanes of at least 4 members (excludes halogenated alkanes) is 4. The highest BCUT2D eigenvalue weighted by atomic mass is 16.5. The molecule has 2 amide bonds. The SMILES string of the molecule is CCCCCCCN(Cc1nc2ccccc2[nH]1)C(=O)c1ccc2c(c1)CN(C)C(=O)C(CC(=O)OC)N2. The van der Waals surface area contributed by atoms with Crippen molar-refractivity contribution in [3.05, 3.63) is 59.4 Å². The number of aromatic amines is 1. The number of nitrogens with one attached hydrogen (secondary N) is 2. The third-order valence-electron chi connectivity index (χ3n) is 6.96. The van der Waals surface area contributed by atoms with Gasteiger partial charge in [0.15, 0.2) is 0 Å². The highest BCUT2D eigenvalue weighted by Gasteiger charge is 2.30. The van der Waals surface area contributed by atoms with Crippen LogP contribution in [-0.4, -0.2) is 64.3 Å². The molecule has 0 saturated carbocycles. The zero-order chi connectivity index (χ0) is 27.1. The average Bonchev–Trinajstić information content (AvgIpc) is 3.29. The Morgan fingerprint density at radius 3 is 2.68 bits per heavy atom. The van der Waals surface area contributed by atoms with Crippen LogP contribution in [0.2, 0.25) is 0 Å². The van der Waals surface area contributed by atoms with Crippen LogP contribution in [0.1, 0.15) is 67.2 Å². The fourth-order valence-electron chi connectivity index (χ4n) is 4.84. The maximum absolute atomic E-state index is 13.8. The van der Waals surface area contributed by atoms with Crippen molar-refractivity contribution in [1.82, 2.24) is 19.8 Å². The summed E-state index contributed by atoms with van der Waals surface area (Å²) in [6.45, 7) is 3.54. The first kappa shape index (κ1) is 27.2. The van der Waals surface area contributed by atoms with E-state index in [1.807, 2.05) is 41.3 Å². The smallest absolute Gasteiger partial charge is 0.308 e. The second-order valence-corrected chi connectivity index (χ2v) is 9.88. The van der Waals surface area contributed by atoms with Crippen molar-refractivity contribution in [1.29, 1.82) is 0 Å². The zero-order valence-corrected chi connectivity index (χ0v) is 22.5. The number of para-hydroxylation sites is 2. The summed E-state index contributed by atoms with van der Waals surface area (Å²) < 4.78 is 4.76.